The van der Waals surface area contributed by atoms with E-state index in [1.807, 2.05) is 19.1 Å². The molecule has 0 bridgehead atoms. The molecular formula is C24H30ClFN4O2S. The third-order valence-electron chi connectivity index (χ3n) is 6.28. The van der Waals surface area contributed by atoms with Crippen LogP contribution in [0.4, 0.5) is 10.1 Å². The van der Waals surface area contributed by atoms with Crippen LogP contribution in [-0.2, 0) is 11.3 Å². The summed E-state index contributed by atoms with van der Waals surface area (Å²) < 4.78 is 13.5. The van der Waals surface area contributed by atoms with Crippen LogP contribution in [0.25, 0.3) is 0 Å². The first-order valence-corrected chi connectivity index (χ1v) is 12.8. The summed E-state index contributed by atoms with van der Waals surface area (Å²) in [6, 6.07) is 5.14. The zero-order chi connectivity index (χ0) is 23.4. The molecule has 2 saturated carbocycles. The number of carbonyl (C=O) groups is 2. The van der Waals surface area contributed by atoms with Gasteiger partial charge in [0.25, 0.3) is 5.91 Å². The van der Waals surface area contributed by atoms with Gasteiger partial charge in [0, 0.05) is 23.7 Å². The number of aryl methyl sites for hydroxylation is 1. The van der Waals surface area contributed by atoms with Crippen LogP contribution in [0.15, 0.2) is 24.4 Å². The van der Waals surface area contributed by atoms with Crippen LogP contribution in [0.1, 0.15) is 65.2 Å². The van der Waals surface area contributed by atoms with Gasteiger partial charge in [-0.15, -0.1) is 11.3 Å². The number of anilines is 1. The molecule has 4 rings (SSSR count). The highest BCUT2D eigenvalue weighted by Crippen LogP contribution is 2.30. The molecular weight excluding hydrogens is 463 g/mol. The fraction of sp³-hybridized carbons (Fsp3) is 0.542. The summed E-state index contributed by atoms with van der Waals surface area (Å²) in [5.41, 5.74) is 1.70. The molecule has 2 heterocycles. The minimum Gasteiger partial charge on any atom is -0.379 e. The molecule has 178 valence electrons. The Morgan fingerprint density at radius 3 is 2.70 bits per heavy atom. The predicted octanol–water partition coefficient (Wildman–Crippen LogP) is 5.01. The van der Waals surface area contributed by atoms with Crippen LogP contribution in [0.2, 0.25) is 5.02 Å². The molecule has 0 aliphatic heterocycles. The summed E-state index contributed by atoms with van der Waals surface area (Å²) in [7, 11) is 0. The highest BCUT2D eigenvalue weighted by Gasteiger charge is 2.32. The second-order valence-electron chi connectivity index (χ2n) is 9.07. The molecule has 0 spiro atoms. The molecule has 2 amide bonds. The number of pyridine rings is 1. The molecule has 0 unspecified atom stereocenters. The van der Waals surface area contributed by atoms with E-state index >= 15 is 0 Å². The van der Waals surface area contributed by atoms with Crippen molar-refractivity contribution in [3.05, 3.63) is 44.9 Å². The van der Waals surface area contributed by atoms with E-state index in [0.717, 1.165) is 41.9 Å². The molecule has 6 nitrogen and oxygen atoms in total. The Morgan fingerprint density at radius 2 is 1.97 bits per heavy atom. The number of thiophene rings is 1. The maximum atomic E-state index is 13.5. The zero-order valence-corrected chi connectivity index (χ0v) is 20.3. The van der Waals surface area contributed by atoms with Crippen molar-refractivity contribution < 1.29 is 14.0 Å². The van der Waals surface area contributed by atoms with Crippen molar-refractivity contribution in [3.8, 4) is 0 Å². The first-order chi connectivity index (χ1) is 15.9. The third kappa shape index (κ3) is 6.90. The first kappa shape index (κ1) is 24.0. The SMILES string of the molecule is Cc1ncc(Cl)cc1NCc1ccc(C(=O)N[C@@H](CC2CCC(F)CC2)C(=O)NC2CC2)s1. The van der Waals surface area contributed by atoms with Gasteiger partial charge < -0.3 is 16.0 Å². The molecule has 2 aliphatic rings. The van der Waals surface area contributed by atoms with Crippen LogP contribution in [0.3, 0.4) is 0 Å². The van der Waals surface area contributed by atoms with E-state index in [2.05, 4.69) is 20.9 Å². The Morgan fingerprint density at radius 1 is 1.21 bits per heavy atom. The Bertz CT molecular complexity index is 989. The van der Waals surface area contributed by atoms with E-state index < -0.39 is 12.2 Å². The lowest BCUT2D eigenvalue weighted by molar-refractivity contribution is -0.123. The predicted molar refractivity (Wildman–Crippen MR) is 130 cm³/mol. The maximum absolute atomic E-state index is 13.5. The van der Waals surface area contributed by atoms with Gasteiger partial charge in [-0.2, -0.15) is 0 Å². The molecule has 0 radical (unpaired) electrons. The number of hydrogen-bond acceptors (Lipinski definition) is 5. The van der Waals surface area contributed by atoms with E-state index in [4.69, 9.17) is 11.6 Å². The van der Waals surface area contributed by atoms with Gasteiger partial charge in [0.05, 0.1) is 21.3 Å². The average Bonchev–Trinajstić information content (AvgIpc) is 3.48. The van der Waals surface area contributed by atoms with Crippen LogP contribution >= 0.6 is 22.9 Å². The number of carbonyl (C=O) groups excluding carboxylic acids is 2. The van der Waals surface area contributed by atoms with Gasteiger partial charge in [-0.05, 0) is 76.0 Å². The number of nitrogens with zero attached hydrogens (tertiary/aromatic N) is 1. The second-order valence-corrected chi connectivity index (χ2v) is 10.7. The number of nitrogens with one attached hydrogen (secondary N) is 3. The van der Waals surface area contributed by atoms with Crippen molar-refractivity contribution >= 4 is 40.4 Å². The van der Waals surface area contributed by atoms with Gasteiger partial charge in [0.2, 0.25) is 5.91 Å². The third-order valence-corrected chi connectivity index (χ3v) is 7.57. The number of aromatic nitrogens is 1. The summed E-state index contributed by atoms with van der Waals surface area (Å²) in [6.45, 7) is 2.44. The molecule has 1 atom stereocenters. The zero-order valence-electron chi connectivity index (χ0n) is 18.7. The van der Waals surface area contributed by atoms with Gasteiger partial charge in [0.1, 0.15) is 12.2 Å². The van der Waals surface area contributed by atoms with E-state index in [1.54, 1.807) is 12.3 Å². The summed E-state index contributed by atoms with van der Waals surface area (Å²) >= 11 is 7.41. The van der Waals surface area contributed by atoms with Gasteiger partial charge >= 0.3 is 0 Å². The van der Waals surface area contributed by atoms with Crippen LogP contribution in [0, 0.1) is 12.8 Å². The van der Waals surface area contributed by atoms with E-state index in [1.165, 1.54) is 11.3 Å². The van der Waals surface area contributed by atoms with Crippen molar-refractivity contribution in [3.63, 3.8) is 0 Å². The van der Waals surface area contributed by atoms with E-state index in [-0.39, 0.29) is 23.8 Å². The topological polar surface area (TPSA) is 83.1 Å². The number of rotatable bonds is 9. The van der Waals surface area contributed by atoms with Crippen LogP contribution in [-0.4, -0.2) is 35.1 Å². The second kappa shape index (κ2) is 10.8. The summed E-state index contributed by atoms with van der Waals surface area (Å²) in [6.07, 6.45) is 6.00. The Hall–Kier alpha value is -2.19. The van der Waals surface area contributed by atoms with Gasteiger partial charge in [-0.3, -0.25) is 14.6 Å². The average molecular weight is 493 g/mol. The summed E-state index contributed by atoms with van der Waals surface area (Å²) in [5, 5.41) is 9.82. The standard InChI is InChI=1S/C24H30ClFN4O2S/c1-14-20(11-16(25)12-27-14)28-13-19-8-9-22(33-19)24(32)30-21(23(31)29-18-6-7-18)10-15-2-4-17(26)5-3-15/h8-9,11-12,15,17-18,21,28H,2-7,10,13H2,1H3,(H,29,31)(H,30,32)/t15?,17?,21-/m0/s1. The Balaban J connectivity index is 1.36. The fourth-order valence-electron chi connectivity index (χ4n) is 4.15. The molecule has 2 fully saturated rings. The molecule has 9 heteroatoms. The number of hydrogen-bond donors (Lipinski definition) is 3. The monoisotopic (exact) mass is 492 g/mol. The summed E-state index contributed by atoms with van der Waals surface area (Å²) in [4.78, 5) is 31.5. The molecule has 3 N–H and O–H groups in total. The first-order valence-electron chi connectivity index (χ1n) is 11.6. The lowest BCUT2D eigenvalue weighted by Crippen LogP contribution is -2.48. The minimum absolute atomic E-state index is 0.129. The highest BCUT2D eigenvalue weighted by molar-refractivity contribution is 7.14. The lowest BCUT2D eigenvalue weighted by atomic mass is 9.83. The van der Waals surface area contributed by atoms with Gasteiger partial charge in [0.15, 0.2) is 0 Å². The Labute approximate surface area is 202 Å². The minimum atomic E-state index is -0.737. The van der Waals surface area contributed by atoms with Gasteiger partial charge in [-0.1, -0.05) is 11.6 Å². The molecule has 2 aliphatic carbocycles. The molecule has 33 heavy (non-hydrogen) atoms. The quantitative estimate of drug-likeness (QED) is 0.459. The van der Waals surface area contributed by atoms with Crippen LogP contribution < -0.4 is 16.0 Å². The summed E-state index contributed by atoms with van der Waals surface area (Å²) in [5.74, 6) is -0.123. The smallest absolute Gasteiger partial charge is 0.262 e. The van der Waals surface area contributed by atoms with Crippen molar-refractivity contribution in [2.24, 2.45) is 5.92 Å². The molecule has 2 aromatic rings. The van der Waals surface area contributed by atoms with Gasteiger partial charge in [-0.25, -0.2) is 4.39 Å². The molecule has 2 aromatic heterocycles. The number of amides is 2. The van der Waals surface area contributed by atoms with Crippen molar-refractivity contribution in [1.82, 2.24) is 15.6 Å². The van der Waals surface area contributed by atoms with Crippen molar-refractivity contribution in [2.45, 2.75) is 76.7 Å². The van der Waals surface area contributed by atoms with Crippen LogP contribution in [0.5, 0.6) is 0 Å². The Kier molecular flexibility index (Phi) is 7.86. The van der Waals surface area contributed by atoms with E-state index in [9.17, 15) is 14.0 Å². The maximum Gasteiger partial charge on any atom is 0.262 e. The molecule has 0 saturated heterocycles. The normalized spacial score (nSPS) is 21.3. The largest absolute Gasteiger partial charge is 0.379 e. The number of halogens is 2. The molecule has 0 aromatic carbocycles. The van der Waals surface area contributed by atoms with E-state index in [0.29, 0.717) is 35.7 Å². The lowest BCUT2D eigenvalue weighted by Gasteiger charge is -2.28. The van der Waals surface area contributed by atoms with Crippen molar-refractivity contribution in [2.75, 3.05) is 5.32 Å². The number of alkyl halides is 1. The highest BCUT2D eigenvalue weighted by atomic mass is 35.5. The fourth-order valence-corrected chi connectivity index (χ4v) is 5.15. The van der Waals surface area contributed by atoms with Crippen molar-refractivity contribution in [1.29, 1.82) is 0 Å².